The number of hydrogen-bond acceptors (Lipinski definition) is 8. The lowest BCUT2D eigenvalue weighted by Crippen LogP contribution is -2.48. The summed E-state index contributed by atoms with van der Waals surface area (Å²) in [5.74, 6) is 1.52. The molecule has 31 heavy (non-hydrogen) atoms. The van der Waals surface area contributed by atoms with Crippen LogP contribution in [-0.2, 0) is 11.2 Å². The molecule has 1 saturated heterocycles. The third-order valence-electron chi connectivity index (χ3n) is 5.59. The number of nitrogens with one attached hydrogen (secondary N) is 1. The molecule has 1 N–H and O–H groups in total. The van der Waals surface area contributed by atoms with Crippen molar-refractivity contribution < 1.29 is 9.18 Å². The first kappa shape index (κ1) is 19.3. The van der Waals surface area contributed by atoms with Crippen LogP contribution < -0.4 is 15.1 Å². The molecular weight excluding hydrogens is 399 g/mol. The summed E-state index contributed by atoms with van der Waals surface area (Å²) in [5.41, 5.74) is 1.90. The van der Waals surface area contributed by atoms with E-state index >= 15 is 0 Å². The first-order chi connectivity index (χ1) is 15.1. The number of aromatic nitrogens is 5. The number of halogens is 1. The van der Waals surface area contributed by atoms with Gasteiger partial charge in [-0.2, -0.15) is 0 Å². The van der Waals surface area contributed by atoms with Crippen LogP contribution in [0.25, 0.3) is 11.6 Å². The van der Waals surface area contributed by atoms with Crippen LogP contribution in [0.3, 0.4) is 0 Å². The zero-order valence-electron chi connectivity index (χ0n) is 17.0. The molecule has 2 aliphatic heterocycles. The normalized spacial score (nSPS) is 18.5. The van der Waals surface area contributed by atoms with Gasteiger partial charge in [0.25, 0.3) is 0 Å². The monoisotopic (exact) mass is 420 g/mol. The van der Waals surface area contributed by atoms with Gasteiger partial charge in [-0.3, -0.25) is 4.79 Å². The molecule has 1 fully saturated rings. The highest BCUT2D eigenvalue weighted by molar-refractivity contribution is 5.82. The number of hydrogen-bond donors (Lipinski definition) is 1. The predicted molar refractivity (Wildman–Crippen MR) is 112 cm³/mol. The van der Waals surface area contributed by atoms with Crippen molar-refractivity contribution in [2.24, 2.45) is 0 Å². The lowest BCUT2D eigenvalue weighted by atomic mass is 9.99. The molecule has 158 valence electrons. The number of nitrogens with zero attached hydrogens (tertiary/aromatic N) is 7. The maximum absolute atomic E-state index is 14.5. The summed E-state index contributed by atoms with van der Waals surface area (Å²) >= 11 is 0. The second-order valence-corrected chi connectivity index (χ2v) is 7.56. The van der Waals surface area contributed by atoms with E-state index in [1.54, 1.807) is 29.6 Å². The Morgan fingerprint density at radius 3 is 2.68 bits per heavy atom. The Bertz CT molecular complexity index is 1130. The van der Waals surface area contributed by atoms with Gasteiger partial charge in [-0.25, -0.2) is 29.3 Å². The van der Waals surface area contributed by atoms with E-state index in [1.807, 2.05) is 11.8 Å². The maximum atomic E-state index is 14.5. The third-order valence-corrected chi connectivity index (χ3v) is 5.59. The zero-order valence-corrected chi connectivity index (χ0v) is 17.0. The minimum atomic E-state index is -0.378. The van der Waals surface area contributed by atoms with Crippen molar-refractivity contribution >= 4 is 17.5 Å². The highest BCUT2D eigenvalue weighted by Gasteiger charge is 2.28. The van der Waals surface area contributed by atoms with Gasteiger partial charge in [-0.15, -0.1) is 0 Å². The van der Waals surface area contributed by atoms with E-state index in [9.17, 15) is 9.18 Å². The number of fused-ring (bicyclic) bond motifs is 1. The second kappa shape index (κ2) is 7.86. The number of rotatable bonds is 3. The van der Waals surface area contributed by atoms with Crippen LogP contribution in [0.15, 0.2) is 36.8 Å². The quantitative estimate of drug-likeness (QED) is 0.681. The van der Waals surface area contributed by atoms with Gasteiger partial charge < -0.3 is 15.1 Å². The van der Waals surface area contributed by atoms with Crippen molar-refractivity contribution in [2.75, 3.05) is 36.0 Å². The Kier molecular flexibility index (Phi) is 4.89. The largest absolute Gasteiger partial charge is 0.353 e. The smallest absolute Gasteiger partial charge is 0.239 e. The molecule has 2 aliphatic rings. The van der Waals surface area contributed by atoms with Crippen molar-refractivity contribution in [3.05, 3.63) is 53.9 Å². The van der Waals surface area contributed by atoms with Gasteiger partial charge in [0.1, 0.15) is 17.5 Å². The summed E-state index contributed by atoms with van der Waals surface area (Å²) in [6, 6.07) is 4.47. The third kappa shape index (κ3) is 3.76. The predicted octanol–water partition coefficient (Wildman–Crippen LogP) is 1.53. The van der Waals surface area contributed by atoms with Crippen molar-refractivity contribution in [2.45, 2.75) is 19.4 Å². The van der Waals surface area contributed by atoms with Gasteiger partial charge in [0.15, 0.2) is 11.6 Å². The summed E-state index contributed by atoms with van der Waals surface area (Å²) in [6.45, 7) is 3.95. The Morgan fingerprint density at radius 2 is 1.87 bits per heavy atom. The number of carbonyl (C=O) groups excluding carboxylic acids is 1. The van der Waals surface area contributed by atoms with E-state index in [4.69, 9.17) is 0 Å². The summed E-state index contributed by atoms with van der Waals surface area (Å²) in [5, 5.41) is 2.77. The molecule has 3 aromatic rings. The van der Waals surface area contributed by atoms with Crippen LogP contribution in [0.1, 0.15) is 24.2 Å². The minimum absolute atomic E-state index is 0.0821. The van der Waals surface area contributed by atoms with Crippen molar-refractivity contribution in [1.82, 2.24) is 30.2 Å². The first-order valence-corrected chi connectivity index (χ1v) is 10.2. The zero-order chi connectivity index (χ0) is 21.4. The Labute approximate surface area is 178 Å². The lowest BCUT2D eigenvalue weighted by Gasteiger charge is -2.36. The second-order valence-electron chi connectivity index (χ2n) is 7.56. The summed E-state index contributed by atoms with van der Waals surface area (Å²) in [6.07, 6.45) is 5.78. The van der Waals surface area contributed by atoms with Gasteiger partial charge in [0.05, 0.1) is 18.3 Å². The van der Waals surface area contributed by atoms with E-state index in [1.165, 1.54) is 12.1 Å². The van der Waals surface area contributed by atoms with Crippen LogP contribution >= 0.6 is 0 Å². The Balaban J connectivity index is 1.43. The standard InChI is InChI=1S/C21H21FN8O/c1-13-15-11-26-21(20-24-4-2-5-25-20)27-16(15)3-7-30(13)18-10-14(22)9-17(28-18)29-8-6-23-19(31)12-29/h2,4-5,9-11,13H,3,6-8,12H2,1H3,(H,23,31). The first-order valence-electron chi connectivity index (χ1n) is 10.2. The van der Waals surface area contributed by atoms with Crippen molar-refractivity contribution in [3.8, 4) is 11.6 Å². The number of pyridine rings is 1. The van der Waals surface area contributed by atoms with Crippen molar-refractivity contribution in [3.63, 3.8) is 0 Å². The van der Waals surface area contributed by atoms with Crippen LogP contribution in [0.5, 0.6) is 0 Å². The molecule has 5 heterocycles. The number of amides is 1. The van der Waals surface area contributed by atoms with Gasteiger partial charge >= 0.3 is 0 Å². The molecule has 0 aromatic carbocycles. The molecule has 0 spiro atoms. The molecule has 1 unspecified atom stereocenters. The molecule has 1 amide bonds. The van der Waals surface area contributed by atoms with E-state index in [0.717, 1.165) is 11.3 Å². The average molecular weight is 420 g/mol. The molecule has 1 atom stereocenters. The molecule has 0 aliphatic carbocycles. The highest BCUT2D eigenvalue weighted by atomic mass is 19.1. The lowest BCUT2D eigenvalue weighted by molar-refractivity contribution is -0.120. The molecule has 0 radical (unpaired) electrons. The molecule has 0 bridgehead atoms. The van der Waals surface area contributed by atoms with Crippen LogP contribution in [-0.4, -0.2) is 57.0 Å². The molecule has 10 heteroatoms. The highest BCUT2D eigenvalue weighted by Crippen LogP contribution is 2.33. The number of carbonyl (C=O) groups is 1. The average Bonchev–Trinajstić information content (AvgIpc) is 2.79. The molecular formula is C21H21FN8O. The summed E-state index contributed by atoms with van der Waals surface area (Å²) < 4.78 is 14.5. The van der Waals surface area contributed by atoms with Gasteiger partial charge in [0.2, 0.25) is 5.91 Å². The molecule has 5 rings (SSSR count). The maximum Gasteiger partial charge on any atom is 0.239 e. The fourth-order valence-electron chi connectivity index (χ4n) is 4.01. The topological polar surface area (TPSA) is 100 Å². The fraction of sp³-hybridized carbons (Fsp3) is 0.333. The van der Waals surface area contributed by atoms with Crippen LogP contribution in [0.2, 0.25) is 0 Å². The van der Waals surface area contributed by atoms with Gasteiger partial charge in [-0.05, 0) is 13.0 Å². The van der Waals surface area contributed by atoms with Crippen molar-refractivity contribution in [1.29, 1.82) is 0 Å². The molecule has 3 aromatic heterocycles. The van der Waals surface area contributed by atoms with Gasteiger partial charge in [0, 0.05) is 62.3 Å². The fourth-order valence-corrected chi connectivity index (χ4v) is 4.01. The SMILES string of the molecule is CC1c2cnc(-c3ncccn3)nc2CCN1c1cc(F)cc(N2CCNC(=O)C2)n1. The Hall–Kier alpha value is -3.69. The Morgan fingerprint density at radius 1 is 1.06 bits per heavy atom. The minimum Gasteiger partial charge on any atom is -0.353 e. The van der Waals surface area contributed by atoms with E-state index in [2.05, 4.69) is 30.2 Å². The van der Waals surface area contributed by atoms with E-state index in [-0.39, 0.29) is 24.3 Å². The van der Waals surface area contributed by atoms with Crippen LogP contribution in [0, 0.1) is 5.82 Å². The number of anilines is 2. The van der Waals surface area contributed by atoms with E-state index < -0.39 is 0 Å². The summed E-state index contributed by atoms with van der Waals surface area (Å²) in [4.78, 5) is 37.8. The summed E-state index contributed by atoms with van der Waals surface area (Å²) in [7, 11) is 0. The van der Waals surface area contributed by atoms with Crippen LogP contribution in [0.4, 0.5) is 16.0 Å². The molecule has 9 nitrogen and oxygen atoms in total. The number of piperazine rings is 1. The van der Waals surface area contributed by atoms with Gasteiger partial charge in [-0.1, -0.05) is 0 Å². The molecule has 0 saturated carbocycles. The van der Waals surface area contributed by atoms with E-state index in [0.29, 0.717) is 49.3 Å².